The average Bonchev–Trinajstić information content (AvgIpc) is 3.04. The minimum absolute atomic E-state index is 0.169. The summed E-state index contributed by atoms with van der Waals surface area (Å²) in [6.07, 6.45) is 5.38. The summed E-state index contributed by atoms with van der Waals surface area (Å²) < 4.78 is 0. The molecule has 6 nitrogen and oxygen atoms in total. The van der Waals surface area contributed by atoms with Gasteiger partial charge in [0.15, 0.2) is 0 Å². The van der Waals surface area contributed by atoms with E-state index in [2.05, 4.69) is 15.3 Å². The fourth-order valence-electron chi connectivity index (χ4n) is 2.73. The Kier molecular flexibility index (Phi) is 4.19. The smallest absolute Gasteiger partial charge is 0.307 e. The quantitative estimate of drug-likeness (QED) is 0.744. The van der Waals surface area contributed by atoms with Crippen LogP contribution in [0.1, 0.15) is 31.9 Å². The molecular weight excluding hydrogens is 246 g/mol. The van der Waals surface area contributed by atoms with Gasteiger partial charge in [0, 0.05) is 6.20 Å². The Morgan fingerprint density at radius 1 is 1.47 bits per heavy atom. The number of imidazole rings is 1. The second-order valence-corrected chi connectivity index (χ2v) is 5.09. The van der Waals surface area contributed by atoms with Gasteiger partial charge < -0.3 is 15.4 Å². The number of H-pyrrole nitrogens is 1. The zero-order chi connectivity index (χ0) is 13.8. The minimum atomic E-state index is -0.863. The van der Waals surface area contributed by atoms with E-state index in [1.54, 1.807) is 12.5 Å². The molecule has 0 spiro atoms. The van der Waals surface area contributed by atoms with Crippen LogP contribution in [0.15, 0.2) is 12.5 Å². The number of amides is 1. The molecule has 2 rings (SSSR count). The van der Waals surface area contributed by atoms with Crippen LogP contribution in [-0.4, -0.2) is 27.0 Å². The van der Waals surface area contributed by atoms with Gasteiger partial charge in [-0.05, 0) is 18.8 Å². The number of aliphatic carboxylic acids is 1. The highest BCUT2D eigenvalue weighted by Gasteiger charge is 2.41. The van der Waals surface area contributed by atoms with Gasteiger partial charge in [-0.25, -0.2) is 4.98 Å². The van der Waals surface area contributed by atoms with Crippen LogP contribution in [0.5, 0.6) is 0 Å². The van der Waals surface area contributed by atoms with E-state index in [9.17, 15) is 14.7 Å². The van der Waals surface area contributed by atoms with E-state index in [0.717, 1.165) is 12.1 Å². The molecule has 1 saturated carbocycles. The first-order chi connectivity index (χ1) is 9.11. The fraction of sp³-hybridized carbons (Fsp3) is 0.615. The van der Waals surface area contributed by atoms with Crippen molar-refractivity contribution in [2.24, 2.45) is 17.8 Å². The third-order valence-electron chi connectivity index (χ3n) is 3.90. The maximum absolute atomic E-state index is 12.1. The number of carboxylic acids is 1. The average molecular weight is 265 g/mol. The second-order valence-electron chi connectivity index (χ2n) is 5.09. The summed E-state index contributed by atoms with van der Waals surface area (Å²) in [6, 6.07) is 0. The number of nitrogens with one attached hydrogen (secondary N) is 2. The van der Waals surface area contributed by atoms with Gasteiger partial charge in [0.25, 0.3) is 0 Å². The largest absolute Gasteiger partial charge is 0.481 e. The molecule has 1 aliphatic rings. The zero-order valence-electron chi connectivity index (χ0n) is 10.9. The van der Waals surface area contributed by atoms with Crippen molar-refractivity contribution in [1.29, 1.82) is 0 Å². The highest BCUT2D eigenvalue weighted by Crippen LogP contribution is 2.38. The van der Waals surface area contributed by atoms with E-state index in [-0.39, 0.29) is 5.91 Å². The molecule has 1 fully saturated rings. The molecule has 3 N–H and O–H groups in total. The molecule has 3 atom stereocenters. The first kappa shape index (κ1) is 13.6. The van der Waals surface area contributed by atoms with E-state index in [0.29, 0.717) is 25.3 Å². The van der Waals surface area contributed by atoms with Crippen LogP contribution < -0.4 is 5.32 Å². The number of nitrogens with zero attached hydrogens (tertiary/aromatic N) is 1. The van der Waals surface area contributed by atoms with Gasteiger partial charge in [0.05, 0.1) is 30.4 Å². The van der Waals surface area contributed by atoms with E-state index in [4.69, 9.17) is 0 Å². The monoisotopic (exact) mass is 265 g/mol. The fourth-order valence-corrected chi connectivity index (χ4v) is 2.73. The molecule has 1 amide bonds. The summed E-state index contributed by atoms with van der Waals surface area (Å²) in [7, 11) is 0. The summed E-state index contributed by atoms with van der Waals surface area (Å²) in [6.45, 7) is 2.40. The van der Waals surface area contributed by atoms with Gasteiger partial charge >= 0.3 is 5.97 Å². The molecule has 1 unspecified atom stereocenters. The van der Waals surface area contributed by atoms with E-state index < -0.39 is 17.8 Å². The minimum Gasteiger partial charge on any atom is -0.481 e. The van der Waals surface area contributed by atoms with Crippen molar-refractivity contribution in [1.82, 2.24) is 15.3 Å². The number of carbonyl (C=O) groups excluding carboxylic acids is 1. The SMILES string of the molecule is CCC1C[C@H](C(=O)NCc2cnc[nH]2)[C@H](C(=O)O)C1. The van der Waals surface area contributed by atoms with Gasteiger partial charge in [-0.15, -0.1) is 0 Å². The maximum Gasteiger partial charge on any atom is 0.307 e. The third-order valence-corrected chi connectivity index (χ3v) is 3.90. The molecule has 6 heteroatoms. The Morgan fingerprint density at radius 3 is 2.79 bits per heavy atom. The lowest BCUT2D eigenvalue weighted by atomic mass is 9.95. The van der Waals surface area contributed by atoms with Gasteiger partial charge in [0.2, 0.25) is 5.91 Å². The van der Waals surface area contributed by atoms with Crippen molar-refractivity contribution in [3.05, 3.63) is 18.2 Å². The molecule has 1 aromatic heterocycles. The molecule has 0 bridgehead atoms. The zero-order valence-corrected chi connectivity index (χ0v) is 10.9. The molecule has 0 aromatic carbocycles. The Morgan fingerprint density at radius 2 is 2.21 bits per heavy atom. The van der Waals surface area contributed by atoms with Crippen LogP contribution in [-0.2, 0) is 16.1 Å². The Labute approximate surface area is 111 Å². The molecule has 0 radical (unpaired) electrons. The summed E-state index contributed by atoms with van der Waals surface area (Å²) in [5.74, 6) is -1.66. The Hall–Kier alpha value is -1.85. The van der Waals surface area contributed by atoms with Crippen LogP contribution in [0.4, 0.5) is 0 Å². The first-order valence-electron chi connectivity index (χ1n) is 6.59. The molecule has 1 heterocycles. The van der Waals surface area contributed by atoms with E-state index in [1.807, 2.05) is 6.92 Å². The van der Waals surface area contributed by atoms with Crippen molar-refractivity contribution in [2.45, 2.75) is 32.7 Å². The topological polar surface area (TPSA) is 95.1 Å². The van der Waals surface area contributed by atoms with Crippen molar-refractivity contribution in [3.8, 4) is 0 Å². The van der Waals surface area contributed by atoms with Crippen LogP contribution in [0.3, 0.4) is 0 Å². The predicted molar refractivity (Wildman–Crippen MR) is 68.1 cm³/mol. The number of hydrogen-bond donors (Lipinski definition) is 3. The number of hydrogen-bond acceptors (Lipinski definition) is 3. The van der Waals surface area contributed by atoms with Crippen molar-refractivity contribution >= 4 is 11.9 Å². The third kappa shape index (κ3) is 3.13. The lowest BCUT2D eigenvalue weighted by Gasteiger charge is -2.15. The van der Waals surface area contributed by atoms with Gasteiger partial charge in [-0.2, -0.15) is 0 Å². The van der Waals surface area contributed by atoms with Crippen LogP contribution in [0, 0.1) is 17.8 Å². The molecule has 104 valence electrons. The first-order valence-corrected chi connectivity index (χ1v) is 6.59. The summed E-state index contributed by atoms with van der Waals surface area (Å²) in [4.78, 5) is 30.1. The number of rotatable bonds is 5. The van der Waals surface area contributed by atoms with Gasteiger partial charge in [0.1, 0.15) is 0 Å². The molecule has 0 aliphatic heterocycles. The highest BCUT2D eigenvalue weighted by atomic mass is 16.4. The standard InChI is InChI=1S/C13H19N3O3/c1-2-8-3-10(11(4-8)13(18)19)12(17)15-6-9-5-14-7-16-9/h5,7-8,10-11H,2-4,6H2,1H3,(H,14,16)(H,15,17)(H,18,19)/t8?,10-,11+/m0/s1. The lowest BCUT2D eigenvalue weighted by molar-refractivity contribution is -0.146. The van der Waals surface area contributed by atoms with Crippen molar-refractivity contribution in [3.63, 3.8) is 0 Å². The number of aromatic nitrogens is 2. The Balaban J connectivity index is 1.94. The summed E-state index contributed by atoms with van der Waals surface area (Å²) >= 11 is 0. The number of aromatic amines is 1. The molecular formula is C13H19N3O3. The van der Waals surface area contributed by atoms with Gasteiger partial charge in [-0.1, -0.05) is 13.3 Å². The number of carbonyl (C=O) groups is 2. The van der Waals surface area contributed by atoms with Crippen LogP contribution >= 0.6 is 0 Å². The molecule has 0 saturated heterocycles. The highest BCUT2D eigenvalue weighted by molar-refractivity contribution is 5.85. The van der Waals surface area contributed by atoms with Crippen molar-refractivity contribution in [2.75, 3.05) is 0 Å². The normalized spacial score (nSPS) is 26.3. The summed E-state index contributed by atoms with van der Waals surface area (Å²) in [5.41, 5.74) is 0.810. The molecule has 1 aromatic rings. The molecule has 1 aliphatic carbocycles. The number of carboxylic acid groups (broad SMARTS) is 1. The van der Waals surface area contributed by atoms with E-state index >= 15 is 0 Å². The second kappa shape index (κ2) is 5.86. The van der Waals surface area contributed by atoms with Gasteiger partial charge in [-0.3, -0.25) is 9.59 Å². The van der Waals surface area contributed by atoms with Crippen LogP contribution in [0.2, 0.25) is 0 Å². The van der Waals surface area contributed by atoms with E-state index in [1.165, 1.54) is 0 Å². The molecule has 19 heavy (non-hydrogen) atoms. The predicted octanol–water partition coefficient (Wildman–Crippen LogP) is 1.16. The lowest BCUT2D eigenvalue weighted by Crippen LogP contribution is -2.35. The summed E-state index contributed by atoms with van der Waals surface area (Å²) in [5, 5.41) is 12.0. The Bertz CT molecular complexity index is 444. The maximum atomic E-state index is 12.1. The van der Waals surface area contributed by atoms with Crippen molar-refractivity contribution < 1.29 is 14.7 Å². The van der Waals surface area contributed by atoms with Crippen LogP contribution in [0.25, 0.3) is 0 Å².